The second kappa shape index (κ2) is 23.5. The summed E-state index contributed by atoms with van der Waals surface area (Å²) in [6, 6.07) is 16.1. The van der Waals surface area contributed by atoms with Crippen molar-refractivity contribution in [3.05, 3.63) is 82.9 Å². The molecule has 0 spiro atoms. The van der Waals surface area contributed by atoms with Gasteiger partial charge in [-0.3, -0.25) is 48.6 Å². The third-order valence-electron chi connectivity index (χ3n) is 13.0. The number of benzene rings is 3. The van der Waals surface area contributed by atoms with Gasteiger partial charge in [-0.15, -0.1) is 0 Å². The number of hydrogen-bond donors (Lipinski definition) is 3. The maximum absolute atomic E-state index is 13.5. The summed E-state index contributed by atoms with van der Waals surface area (Å²) in [5, 5.41) is 7.72. The molecule has 3 unspecified atom stereocenters. The summed E-state index contributed by atoms with van der Waals surface area (Å²) in [4.78, 5) is 105. The Morgan fingerprint density at radius 1 is 0.826 bits per heavy atom. The maximum atomic E-state index is 13.5. The number of ketones is 1. The molecule has 6 rings (SSSR count). The van der Waals surface area contributed by atoms with Gasteiger partial charge in [-0.25, -0.2) is 0 Å². The van der Waals surface area contributed by atoms with Gasteiger partial charge in [0.1, 0.15) is 17.5 Å². The number of nitrogens with one attached hydrogen (secondary N) is 3. The third-order valence-corrected chi connectivity index (χ3v) is 13.0. The van der Waals surface area contributed by atoms with Gasteiger partial charge in [0.15, 0.2) is 24.7 Å². The molecule has 18 heteroatoms. The molecule has 3 aliphatic heterocycles. The van der Waals surface area contributed by atoms with E-state index in [0.29, 0.717) is 68.9 Å². The summed E-state index contributed by atoms with van der Waals surface area (Å²) in [6.45, 7) is 7.86. The van der Waals surface area contributed by atoms with Crippen LogP contribution in [0.15, 0.2) is 60.7 Å². The first-order valence-electron chi connectivity index (χ1n) is 23.5. The third kappa shape index (κ3) is 12.6. The Bertz CT molecular complexity index is 2420. The van der Waals surface area contributed by atoms with E-state index in [4.69, 9.17) is 23.7 Å². The lowest BCUT2D eigenvalue weighted by atomic mass is 9.84. The van der Waals surface area contributed by atoms with Crippen LogP contribution in [0.25, 0.3) is 0 Å². The van der Waals surface area contributed by atoms with E-state index < -0.39 is 71.5 Å². The molecular formula is C51H63N5O13. The normalized spacial score (nSPS) is 17.7. The summed E-state index contributed by atoms with van der Waals surface area (Å²) in [5.74, 6) is -2.57. The van der Waals surface area contributed by atoms with Gasteiger partial charge in [0.2, 0.25) is 17.6 Å². The van der Waals surface area contributed by atoms with Crippen LogP contribution in [-0.4, -0.2) is 122 Å². The van der Waals surface area contributed by atoms with Crippen LogP contribution in [0.1, 0.15) is 117 Å². The van der Waals surface area contributed by atoms with Crippen molar-refractivity contribution in [1.29, 1.82) is 0 Å². The number of Topliss-reactive ketones (excluding diaryl/α,β-unsaturated/α-hetero) is 1. The molecule has 2 fully saturated rings. The van der Waals surface area contributed by atoms with Crippen molar-refractivity contribution in [2.45, 2.75) is 110 Å². The van der Waals surface area contributed by atoms with Crippen LogP contribution in [0.5, 0.6) is 23.0 Å². The predicted octanol–water partition coefficient (Wildman–Crippen LogP) is 4.65. The van der Waals surface area contributed by atoms with Gasteiger partial charge in [0.25, 0.3) is 29.5 Å². The number of imide groups is 2. The number of unbranched alkanes of at least 4 members (excludes halogenated alkanes) is 1. The van der Waals surface area contributed by atoms with E-state index in [9.17, 15) is 38.4 Å². The number of aryl methyl sites for hydroxylation is 1. The van der Waals surface area contributed by atoms with Gasteiger partial charge in [0.05, 0.1) is 43.6 Å². The van der Waals surface area contributed by atoms with Crippen LogP contribution in [0.2, 0.25) is 0 Å². The Morgan fingerprint density at radius 2 is 1.52 bits per heavy atom. The standard InChI is InChI=1S/C51H63N5O13/c1-7-51(3,4)46(60)50(64)55-26-12-16-36(55)31(2)69-38(21-18-32-19-22-39(65-5)41(27-32)66-6)33-13-10-14-34(28-33)67-29-43(58)52-24-8-9-25-53-44(59)30-68-40-17-11-15-35-45(40)49(63)56(48(35)62)37-20-23-42(57)54-47(37)61/h10-11,13-15,17,19,22,27-28,31,36-38H,7-9,12,16,18,20-21,23-26,29-30H2,1-6H3,(H,52,58)(H,53,59)(H,54,57,61)/t31?,36?,37?,38-/m1/s1. The topological polar surface area (TPSA) is 225 Å². The average molecular weight is 954 g/mol. The van der Waals surface area contributed by atoms with E-state index in [0.717, 1.165) is 22.4 Å². The van der Waals surface area contributed by atoms with E-state index in [1.165, 1.54) is 18.2 Å². The quantitative estimate of drug-likeness (QED) is 0.0633. The molecule has 7 amide bonds. The highest BCUT2D eigenvalue weighted by Crippen LogP contribution is 2.36. The molecule has 69 heavy (non-hydrogen) atoms. The number of carbonyl (C=O) groups excluding carboxylic acids is 8. The lowest BCUT2D eigenvalue weighted by Crippen LogP contribution is -2.54. The first kappa shape index (κ1) is 51.6. The van der Waals surface area contributed by atoms with Gasteiger partial charge in [-0.05, 0) is 106 Å². The molecular weight excluding hydrogens is 891 g/mol. The minimum atomic E-state index is -1.13. The number of hydrogen-bond acceptors (Lipinski definition) is 13. The maximum Gasteiger partial charge on any atom is 0.290 e. The predicted molar refractivity (Wildman–Crippen MR) is 251 cm³/mol. The number of nitrogens with zero attached hydrogens (tertiary/aromatic N) is 2. The summed E-state index contributed by atoms with van der Waals surface area (Å²) in [5.41, 5.74) is 1.06. The molecule has 3 aromatic carbocycles. The monoisotopic (exact) mass is 953 g/mol. The first-order valence-corrected chi connectivity index (χ1v) is 23.5. The van der Waals surface area contributed by atoms with E-state index in [1.54, 1.807) is 39.0 Å². The van der Waals surface area contributed by atoms with Crippen molar-refractivity contribution in [1.82, 2.24) is 25.8 Å². The zero-order valence-corrected chi connectivity index (χ0v) is 40.2. The van der Waals surface area contributed by atoms with Crippen molar-refractivity contribution in [2.24, 2.45) is 5.41 Å². The Balaban J connectivity index is 0.969. The highest BCUT2D eigenvalue weighted by atomic mass is 16.5. The van der Waals surface area contributed by atoms with Crippen LogP contribution in [0.3, 0.4) is 0 Å². The number of fused-ring (bicyclic) bond motifs is 1. The Kier molecular flexibility index (Phi) is 17.5. The summed E-state index contributed by atoms with van der Waals surface area (Å²) in [6.07, 6.45) is 3.45. The van der Waals surface area contributed by atoms with Crippen LogP contribution in [0.4, 0.5) is 0 Å². The molecule has 3 heterocycles. The second-order valence-corrected chi connectivity index (χ2v) is 18.0. The van der Waals surface area contributed by atoms with Crippen molar-refractivity contribution >= 4 is 47.1 Å². The molecule has 0 bridgehead atoms. The number of ether oxygens (including phenoxy) is 5. The molecule has 0 radical (unpaired) electrons. The summed E-state index contributed by atoms with van der Waals surface area (Å²) < 4.78 is 29.3. The SMILES string of the molecule is CCC(C)(C)C(=O)C(=O)N1CCCC1C(C)O[C@H](CCc1ccc(OC)c(OC)c1)c1cccc(OCC(=O)NCCCCNC(=O)COc2cccc3c2C(=O)N(C2CCC(=O)NC2=O)C3=O)c1. The number of likely N-dealkylation sites (tertiary alicyclic amines) is 1. The van der Waals surface area contributed by atoms with Crippen LogP contribution in [-0.2, 0) is 39.9 Å². The zero-order valence-electron chi connectivity index (χ0n) is 40.2. The van der Waals surface area contributed by atoms with E-state index in [1.807, 2.05) is 50.2 Å². The lowest BCUT2D eigenvalue weighted by molar-refractivity contribution is -0.152. The number of methoxy groups -OCH3 is 2. The molecule has 0 aromatic heterocycles. The Morgan fingerprint density at radius 3 is 2.20 bits per heavy atom. The minimum Gasteiger partial charge on any atom is -0.493 e. The number of rotatable bonds is 24. The number of piperidine rings is 1. The molecule has 0 saturated carbocycles. The first-order chi connectivity index (χ1) is 33.1. The van der Waals surface area contributed by atoms with Crippen molar-refractivity contribution in [3.8, 4) is 23.0 Å². The molecule has 4 atom stereocenters. The van der Waals surface area contributed by atoms with Crippen LogP contribution < -0.4 is 34.9 Å². The Hall–Kier alpha value is -6.82. The highest BCUT2D eigenvalue weighted by Gasteiger charge is 2.46. The molecule has 370 valence electrons. The molecule has 18 nitrogen and oxygen atoms in total. The van der Waals surface area contributed by atoms with Gasteiger partial charge < -0.3 is 39.2 Å². The minimum absolute atomic E-state index is 0.00978. The Labute approximate surface area is 402 Å². The van der Waals surface area contributed by atoms with Crippen LogP contribution in [0, 0.1) is 5.41 Å². The number of amides is 7. The van der Waals surface area contributed by atoms with Crippen molar-refractivity contribution in [3.63, 3.8) is 0 Å². The van der Waals surface area contributed by atoms with Gasteiger partial charge in [0, 0.05) is 31.5 Å². The van der Waals surface area contributed by atoms with E-state index in [-0.39, 0.29) is 54.8 Å². The number of carbonyl (C=O) groups is 8. The largest absolute Gasteiger partial charge is 0.493 e. The molecule has 3 N–H and O–H groups in total. The van der Waals surface area contributed by atoms with Crippen molar-refractivity contribution < 1.29 is 62.0 Å². The van der Waals surface area contributed by atoms with Gasteiger partial charge in [-0.1, -0.05) is 45.0 Å². The smallest absolute Gasteiger partial charge is 0.290 e. The molecule has 2 saturated heterocycles. The fourth-order valence-electron chi connectivity index (χ4n) is 8.62. The van der Waals surface area contributed by atoms with Gasteiger partial charge >= 0.3 is 0 Å². The van der Waals surface area contributed by atoms with E-state index >= 15 is 0 Å². The fraction of sp³-hybridized carbons (Fsp3) is 0.490. The second-order valence-electron chi connectivity index (χ2n) is 18.0. The summed E-state index contributed by atoms with van der Waals surface area (Å²) >= 11 is 0. The fourth-order valence-corrected chi connectivity index (χ4v) is 8.62. The molecule has 3 aliphatic rings. The zero-order chi connectivity index (χ0) is 49.8. The average Bonchev–Trinajstić information content (AvgIpc) is 3.94. The molecule has 3 aromatic rings. The lowest BCUT2D eigenvalue weighted by Gasteiger charge is -2.33. The highest BCUT2D eigenvalue weighted by molar-refractivity contribution is 6.38. The van der Waals surface area contributed by atoms with E-state index in [2.05, 4.69) is 16.0 Å². The van der Waals surface area contributed by atoms with Gasteiger partial charge in [-0.2, -0.15) is 0 Å². The molecule has 0 aliphatic carbocycles. The van der Waals surface area contributed by atoms with Crippen LogP contribution >= 0.6 is 0 Å². The van der Waals surface area contributed by atoms with Crippen molar-refractivity contribution in [2.75, 3.05) is 47.1 Å². The summed E-state index contributed by atoms with van der Waals surface area (Å²) in [7, 11) is 3.17.